The zero-order valence-electron chi connectivity index (χ0n) is 27.1. The number of nitrogens with zero attached hydrogens (tertiary/aromatic N) is 4. The van der Waals surface area contributed by atoms with E-state index >= 15 is 0 Å². The van der Waals surface area contributed by atoms with Crippen molar-refractivity contribution in [3.63, 3.8) is 0 Å². The van der Waals surface area contributed by atoms with Crippen LogP contribution in [0.2, 0.25) is 0 Å². The number of carbonyl (C=O) groups excluding carboxylic acids is 3. The van der Waals surface area contributed by atoms with Crippen LogP contribution < -0.4 is 22.1 Å². The summed E-state index contributed by atoms with van der Waals surface area (Å²) in [5.74, 6) is -0.534. The fraction of sp³-hybridized carbons (Fsp3) is 0.382. The van der Waals surface area contributed by atoms with Crippen LogP contribution in [-0.2, 0) is 40.2 Å². The predicted octanol–water partition coefficient (Wildman–Crippen LogP) is 3.87. The Morgan fingerprint density at radius 2 is 1.66 bits per heavy atom. The molecule has 1 aliphatic rings. The first kappa shape index (κ1) is 36.8. The Labute approximate surface area is 279 Å². The Balaban J connectivity index is 0.00000294. The highest BCUT2D eigenvalue weighted by atomic mass is 32.1. The largest absolute Gasteiger partial charge is 0.402 e. The zero-order valence-corrected chi connectivity index (χ0v) is 27.9. The van der Waals surface area contributed by atoms with Crippen LogP contribution >= 0.6 is 11.3 Å². The minimum absolute atomic E-state index is 0.0857. The number of anilines is 1. The monoisotopic (exact) mass is 664 g/mol. The zero-order chi connectivity index (χ0) is 34.0. The first-order chi connectivity index (χ1) is 22.8. The van der Waals surface area contributed by atoms with E-state index in [1.807, 2.05) is 44.2 Å². The van der Waals surface area contributed by atoms with Crippen LogP contribution in [0.15, 0.2) is 72.2 Å². The number of hydrogen-bond donors (Lipinski definition) is 4. The molecule has 1 fully saturated rings. The molecule has 13 heteroatoms. The first-order valence-electron chi connectivity index (χ1n) is 15.8. The molecule has 4 rings (SSSR count). The second-order valence-corrected chi connectivity index (χ2v) is 11.9. The third kappa shape index (κ3) is 13.3. The van der Waals surface area contributed by atoms with Gasteiger partial charge in [-0.1, -0.05) is 67.6 Å². The molecule has 0 saturated carbocycles. The van der Waals surface area contributed by atoms with Crippen LogP contribution in [0.3, 0.4) is 0 Å². The molecule has 0 radical (unpaired) electrons. The van der Waals surface area contributed by atoms with Gasteiger partial charge in [0.15, 0.2) is 0 Å². The topological polar surface area (TPSA) is 160 Å². The van der Waals surface area contributed by atoms with Crippen molar-refractivity contribution >= 4 is 34.7 Å². The molecule has 2 aromatic carbocycles. The molecule has 11 nitrogen and oxygen atoms in total. The van der Waals surface area contributed by atoms with E-state index in [1.165, 1.54) is 17.4 Å². The van der Waals surface area contributed by atoms with Gasteiger partial charge in [0.1, 0.15) is 16.6 Å². The highest BCUT2D eigenvalue weighted by Gasteiger charge is 2.18. The number of carbonyl (C=O) groups is 3. The molecular weight excluding hydrogens is 619 g/mol. The molecule has 0 bridgehead atoms. The van der Waals surface area contributed by atoms with E-state index in [0.29, 0.717) is 67.5 Å². The van der Waals surface area contributed by atoms with Crippen LogP contribution in [0.5, 0.6) is 0 Å². The molecule has 0 unspecified atom stereocenters. The summed E-state index contributed by atoms with van der Waals surface area (Å²) in [7, 11) is 0. The maximum atomic E-state index is 14.5. The van der Waals surface area contributed by atoms with E-state index in [-0.39, 0.29) is 36.3 Å². The average molecular weight is 665 g/mol. The fourth-order valence-corrected chi connectivity index (χ4v) is 5.59. The van der Waals surface area contributed by atoms with Crippen LogP contribution in [0.4, 0.5) is 9.52 Å². The summed E-state index contributed by atoms with van der Waals surface area (Å²) >= 11 is 1.32. The van der Waals surface area contributed by atoms with E-state index in [1.54, 1.807) is 29.2 Å². The lowest BCUT2D eigenvalue weighted by atomic mass is 10.1. The van der Waals surface area contributed by atoms with Gasteiger partial charge < -0.3 is 27.0 Å². The quantitative estimate of drug-likeness (QED) is 0.108. The van der Waals surface area contributed by atoms with Crippen molar-refractivity contribution in [3.8, 4) is 0 Å². The molecule has 6 N–H and O–H groups in total. The van der Waals surface area contributed by atoms with Gasteiger partial charge in [-0.05, 0) is 48.6 Å². The molecule has 252 valence electrons. The second kappa shape index (κ2) is 19.8. The number of halogens is 1. The normalized spacial score (nSPS) is 13.8. The second-order valence-electron chi connectivity index (χ2n) is 10.9. The van der Waals surface area contributed by atoms with Crippen LogP contribution in [0, 0.1) is 5.82 Å². The Morgan fingerprint density at radius 3 is 2.38 bits per heavy atom. The number of aryl methyl sites for hydroxylation is 1. The van der Waals surface area contributed by atoms with Crippen LogP contribution in [0.25, 0.3) is 0 Å². The maximum Gasteiger partial charge on any atom is 0.230 e. The number of allylic oxidation sites excluding steroid dienone is 3. The molecule has 1 saturated heterocycles. The van der Waals surface area contributed by atoms with Crippen molar-refractivity contribution in [1.29, 1.82) is 0 Å². The molecular formula is C34H45FN8O3S. The van der Waals surface area contributed by atoms with Crippen molar-refractivity contribution in [3.05, 3.63) is 99.7 Å². The molecule has 3 amide bonds. The summed E-state index contributed by atoms with van der Waals surface area (Å²) in [5, 5.41) is 14.9. The van der Waals surface area contributed by atoms with Crippen molar-refractivity contribution in [2.75, 3.05) is 31.5 Å². The number of aromatic nitrogens is 2. The number of amides is 3. The van der Waals surface area contributed by atoms with Gasteiger partial charge in [-0.3, -0.25) is 19.3 Å². The lowest BCUT2D eigenvalue weighted by Gasteiger charge is -2.32. The van der Waals surface area contributed by atoms with Gasteiger partial charge in [-0.25, -0.2) is 4.39 Å². The van der Waals surface area contributed by atoms with E-state index in [4.69, 9.17) is 11.5 Å². The number of unbranched alkanes of at least 4 members (excludes halogenated alkanes) is 1. The molecule has 2 heterocycles. The van der Waals surface area contributed by atoms with Gasteiger partial charge in [-0.2, -0.15) is 0 Å². The van der Waals surface area contributed by atoms with E-state index in [2.05, 4.69) is 25.7 Å². The maximum absolute atomic E-state index is 14.5. The van der Waals surface area contributed by atoms with Gasteiger partial charge in [0, 0.05) is 50.4 Å². The van der Waals surface area contributed by atoms with Gasteiger partial charge in [0.2, 0.25) is 23.4 Å². The summed E-state index contributed by atoms with van der Waals surface area (Å²) in [6.45, 7) is 7.01. The van der Waals surface area contributed by atoms with Crippen LogP contribution in [0.1, 0.15) is 54.8 Å². The first-order valence-corrected chi connectivity index (χ1v) is 16.7. The SMILES string of the molecule is CC.N/C(=C\C=C(/N)NC(=O)Cc1ccccc1)CCCCc1nnc(NC(=O)Cc2ccc(F)c(CN3CCN(C=O)CC3)c2)s1. The number of nitrogens with two attached hydrogens (primary N) is 2. The smallest absolute Gasteiger partial charge is 0.230 e. The number of hydrogen-bond acceptors (Lipinski definition) is 9. The number of piperazine rings is 1. The third-order valence-electron chi connectivity index (χ3n) is 7.21. The minimum Gasteiger partial charge on any atom is -0.402 e. The van der Waals surface area contributed by atoms with Crippen molar-refractivity contribution in [2.45, 2.75) is 58.9 Å². The van der Waals surface area contributed by atoms with Crippen molar-refractivity contribution in [2.24, 2.45) is 11.5 Å². The number of benzene rings is 2. The van der Waals surface area contributed by atoms with Gasteiger partial charge in [0.05, 0.1) is 12.8 Å². The Bertz CT molecular complexity index is 1500. The Hall–Kier alpha value is -4.62. The molecule has 1 aliphatic heterocycles. The lowest BCUT2D eigenvalue weighted by molar-refractivity contribution is -0.120. The average Bonchev–Trinajstić information content (AvgIpc) is 3.52. The molecule has 0 aliphatic carbocycles. The minimum atomic E-state index is -0.313. The number of nitrogens with one attached hydrogen (secondary N) is 2. The Morgan fingerprint density at radius 1 is 0.936 bits per heavy atom. The molecule has 1 aromatic heterocycles. The highest BCUT2D eigenvalue weighted by Crippen LogP contribution is 2.19. The van der Waals surface area contributed by atoms with Crippen LogP contribution in [-0.4, -0.2) is 64.4 Å². The molecule has 3 aromatic rings. The summed E-state index contributed by atoms with van der Waals surface area (Å²) in [4.78, 5) is 39.5. The highest BCUT2D eigenvalue weighted by molar-refractivity contribution is 7.15. The van der Waals surface area contributed by atoms with Gasteiger partial charge in [0.25, 0.3) is 0 Å². The third-order valence-corrected chi connectivity index (χ3v) is 8.11. The van der Waals surface area contributed by atoms with E-state index < -0.39 is 0 Å². The predicted molar refractivity (Wildman–Crippen MR) is 183 cm³/mol. The van der Waals surface area contributed by atoms with E-state index in [9.17, 15) is 18.8 Å². The standard InChI is InChI=1S/C32H39FN8O3S.C2H6/c33-27-12-10-24(18-25(27)21-40-14-16-41(22-42)17-15-40)20-30(44)37-32-39-38-31(45-32)9-5-4-8-26(34)11-13-28(35)36-29(43)19-23-6-2-1-3-7-23;1-2/h1-3,6-7,10-13,18,22H,4-5,8-9,14-17,19-21,34-35H2,(H,36,43)(H,37,39,44);1-2H3/b26-11-,28-13+;. The summed E-state index contributed by atoms with van der Waals surface area (Å²) < 4.78 is 14.5. The van der Waals surface area contributed by atoms with Crippen molar-refractivity contribution in [1.82, 2.24) is 25.3 Å². The molecule has 47 heavy (non-hydrogen) atoms. The number of rotatable bonds is 15. The summed E-state index contributed by atoms with van der Waals surface area (Å²) in [6.07, 6.45) is 7.43. The summed E-state index contributed by atoms with van der Waals surface area (Å²) in [6, 6.07) is 14.1. The van der Waals surface area contributed by atoms with Gasteiger partial charge in [-0.15, -0.1) is 10.2 Å². The fourth-order valence-electron chi connectivity index (χ4n) is 4.79. The molecule has 0 atom stereocenters. The molecule has 0 spiro atoms. The summed E-state index contributed by atoms with van der Waals surface area (Å²) in [5.41, 5.74) is 14.8. The lowest BCUT2D eigenvalue weighted by Crippen LogP contribution is -2.45. The van der Waals surface area contributed by atoms with E-state index in [0.717, 1.165) is 29.8 Å². The van der Waals surface area contributed by atoms with Gasteiger partial charge >= 0.3 is 0 Å². The van der Waals surface area contributed by atoms with Crippen molar-refractivity contribution < 1.29 is 18.8 Å². The Kier molecular flexibility index (Phi) is 15.5.